The highest BCUT2D eigenvalue weighted by atomic mass is 32.2. The van der Waals surface area contributed by atoms with Crippen molar-refractivity contribution >= 4 is 32.5 Å². The van der Waals surface area contributed by atoms with Crippen LogP contribution in [0.15, 0.2) is 18.2 Å². The van der Waals surface area contributed by atoms with Crippen molar-refractivity contribution in [3.05, 3.63) is 24.0 Å². The number of sulfone groups is 1. The van der Waals surface area contributed by atoms with E-state index >= 15 is 0 Å². The quantitative estimate of drug-likeness (QED) is 0.617. The molecule has 20 heavy (non-hydrogen) atoms. The summed E-state index contributed by atoms with van der Waals surface area (Å²) in [6, 6.07) is 5.09. The Morgan fingerprint density at radius 2 is 2.20 bits per heavy atom. The number of anilines is 1. The van der Waals surface area contributed by atoms with Crippen molar-refractivity contribution in [3.63, 3.8) is 0 Å². The van der Waals surface area contributed by atoms with E-state index in [2.05, 4.69) is 14.7 Å². The van der Waals surface area contributed by atoms with E-state index in [1.165, 1.54) is 7.11 Å². The third-order valence-corrected chi connectivity index (χ3v) is 4.30. The zero-order valence-corrected chi connectivity index (χ0v) is 11.7. The van der Waals surface area contributed by atoms with E-state index in [0.717, 1.165) is 0 Å². The molecule has 0 bridgehead atoms. The van der Waals surface area contributed by atoms with Crippen LogP contribution in [0.4, 0.5) is 5.69 Å². The molecule has 0 atom stereocenters. The molecule has 2 aromatic rings. The lowest BCUT2D eigenvalue weighted by molar-refractivity contribution is -0.140. The maximum atomic E-state index is 11.9. The number of aromatic amines is 1. The van der Waals surface area contributed by atoms with Gasteiger partial charge in [0.15, 0.2) is 9.84 Å². The Balaban J connectivity index is 2.12. The van der Waals surface area contributed by atoms with Crippen molar-refractivity contribution in [2.45, 2.75) is 12.2 Å². The van der Waals surface area contributed by atoms with Gasteiger partial charge in [-0.05, 0) is 18.2 Å². The van der Waals surface area contributed by atoms with Gasteiger partial charge in [0.2, 0.25) is 0 Å². The molecule has 0 spiro atoms. The van der Waals surface area contributed by atoms with Gasteiger partial charge in [-0.2, -0.15) is 0 Å². The molecule has 2 rings (SSSR count). The zero-order valence-electron chi connectivity index (χ0n) is 10.9. The van der Waals surface area contributed by atoms with Crippen LogP contribution in [0.25, 0.3) is 11.0 Å². The van der Waals surface area contributed by atoms with Crippen LogP contribution in [0, 0.1) is 0 Å². The van der Waals surface area contributed by atoms with E-state index in [1.54, 1.807) is 18.2 Å². The molecule has 0 fully saturated rings. The first-order valence-corrected chi connectivity index (χ1v) is 7.73. The van der Waals surface area contributed by atoms with Crippen LogP contribution in [-0.2, 0) is 25.1 Å². The summed E-state index contributed by atoms with van der Waals surface area (Å²) < 4.78 is 28.2. The number of benzene rings is 1. The number of aromatic nitrogens is 2. The largest absolute Gasteiger partial charge is 0.469 e. The molecule has 108 valence electrons. The Kier molecular flexibility index (Phi) is 3.93. The summed E-state index contributed by atoms with van der Waals surface area (Å²) in [6.07, 6.45) is -0.161. The maximum absolute atomic E-state index is 11.9. The molecule has 0 aliphatic rings. The monoisotopic (exact) mass is 297 g/mol. The summed E-state index contributed by atoms with van der Waals surface area (Å²) in [4.78, 5) is 18.1. The standard InChI is InChI=1S/C12H15N3O4S/c1-19-12(16)4-5-20(17,18)7-11-14-9-3-2-8(13)6-10(9)15-11/h2-3,6H,4-5,7,13H2,1H3,(H,14,15). The highest BCUT2D eigenvalue weighted by molar-refractivity contribution is 7.90. The number of hydrogen-bond donors (Lipinski definition) is 2. The molecule has 0 aliphatic heterocycles. The Hall–Kier alpha value is -2.09. The summed E-state index contributed by atoms with van der Waals surface area (Å²) >= 11 is 0. The van der Waals surface area contributed by atoms with Gasteiger partial charge >= 0.3 is 5.97 Å². The number of hydrogen-bond acceptors (Lipinski definition) is 6. The van der Waals surface area contributed by atoms with Gasteiger partial charge in [0, 0.05) is 5.69 Å². The molecular formula is C12H15N3O4S. The molecule has 0 unspecified atom stereocenters. The average molecular weight is 297 g/mol. The third-order valence-electron chi connectivity index (χ3n) is 2.76. The van der Waals surface area contributed by atoms with Crippen molar-refractivity contribution < 1.29 is 17.9 Å². The summed E-state index contributed by atoms with van der Waals surface area (Å²) in [6.45, 7) is 0. The van der Waals surface area contributed by atoms with Crippen LogP contribution in [0.1, 0.15) is 12.2 Å². The van der Waals surface area contributed by atoms with E-state index in [4.69, 9.17) is 5.73 Å². The van der Waals surface area contributed by atoms with Crippen LogP contribution in [0.2, 0.25) is 0 Å². The van der Waals surface area contributed by atoms with Gasteiger partial charge in [-0.3, -0.25) is 4.79 Å². The van der Waals surface area contributed by atoms with Crippen molar-refractivity contribution in [2.24, 2.45) is 0 Å². The number of carbonyl (C=O) groups excluding carboxylic acids is 1. The van der Waals surface area contributed by atoms with Gasteiger partial charge in [0.25, 0.3) is 0 Å². The molecule has 1 aromatic carbocycles. The van der Waals surface area contributed by atoms with E-state index in [9.17, 15) is 13.2 Å². The first-order valence-electron chi connectivity index (χ1n) is 5.91. The lowest BCUT2D eigenvalue weighted by Crippen LogP contribution is -2.14. The number of esters is 1. The van der Waals surface area contributed by atoms with Crippen LogP contribution in [0.5, 0.6) is 0 Å². The number of H-pyrrole nitrogens is 1. The summed E-state index contributed by atoms with van der Waals surface area (Å²) in [5, 5.41) is 0. The number of ether oxygens (including phenoxy) is 1. The molecule has 0 amide bonds. The Labute approximate surface area is 116 Å². The third kappa shape index (κ3) is 3.47. The van der Waals surface area contributed by atoms with Gasteiger partial charge < -0.3 is 15.5 Å². The van der Waals surface area contributed by atoms with E-state index in [1.807, 2.05) is 0 Å². The predicted octanol–water partition coefficient (Wildman–Crippen LogP) is 0.623. The molecule has 8 heteroatoms. The molecular weight excluding hydrogens is 282 g/mol. The minimum Gasteiger partial charge on any atom is -0.469 e. The lowest BCUT2D eigenvalue weighted by atomic mass is 10.3. The maximum Gasteiger partial charge on any atom is 0.306 e. The first-order chi connectivity index (χ1) is 9.39. The van der Waals surface area contributed by atoms with Crippen LogP contribution in [0.3, 0.4) is 0 Å². The Morgan fingerprint density at radius 1 is 1.45 bits per heavy atom. The molecule has 3 N–H and O–H groups in total. The molecule has 0 saturated heterocycles. The molecule has 7 nitrogen and oxygen atoms in total. The minimum atomic E-state index is -3.42. The van der Waals surface area contributed by atoms with Crippen LogP contribution in [-0.4, -0.2) is 37.2 Å². The van der Waals surface area contributed by atoms with E-state index in [0.29, 0.717) is 22.5 Å². The van der Waals surface area contributed by atoms with Gasteiger partial charge in [-0.25, -0.2) is 13.4 Å². The summed E-state index contributed by atoms with van der Waals surface area (Å²) in [7, 11) is -2.20. The molecule has 1 aromatic heterocycles. The second-order valence-corrected chi connectivity index (χ2v) is 6.56. The number of rotatable bonds is 5. The fourth-order valence-corrected chi connectivity index (χ4v) is 2.95. The van der Waals surface area contributed by atoms with Crippen molar-refractivity contribution in [1.29, 1.82) is 0 Å². The smallest absolute Gasteiger partial charge is 0.306 e. The summed E-state index contributed by atoms with van der Waals surface area (Å²) in [5.74, 6) is -0.737. The molecule has 0 saturated carbocycles. The highest BCUT2D eigenvalue weighted by Gasteiger charge is 2.17. The SMILES string of the molecule is COC(=O)CCS(=O)(=O)Cc1nc2ccc(N)cc2[nH]1. The Bertz CT molecular complexity index is 736. The second-order valence-electron chi connectivity index (χ2n) is 4.38. The summed E-state index contributed by atoms with van der Waals surface area (Å²) in [5.41, 5.74) is 7.54. The number of nitrogens with one attached hydrogen (secondary N) is 1. The molecule has 0 radical (unpaired) electrons. The van der Waals surface area contributed by atoms with Gasteiger partial charge in [-0.1, -0.05) is 0 Å². The second kappa shape index (κ2) is 5.49. The van der Waals surface area contributed by atoms with Gasteiger partial charge in [-0.15, -0.1) is 0 Å². The zero-order chi connectivity index (χ0) is 14.8. The minimum absolute atomic E-state index is 0.161. The van der Waals surface area contributed by atoms with Crippen molar-refractivity contribution in [3.8, 4) is 0 Å². The fraction of sp³-hybridized carbons (Fsp3) is 0.333. The van der Waals surface area contributed by atoms with Crippen molar-refractivity contribution in [1.82, 2.24) is 9.97 Å². The predicted molar refractivity (Wildman–Crippen MR) is 74.6 cm³/mol. The molecule has 1 heterocycles. The van der Waals surface area contributed by atoms with Gasteiger partial charge in [0.1, 0.15) is 11.6 Å². The number of methoxy groups -OCH3 is 1. The van der Waals surface area contributed by atoms with E-state index in [-0.39, 0.29) is 17.9 Å². The van der Waals surface area contributed by atoms with Crippen LogP contribution >= 0.6 is 0 Å². The number of nitrogens with zero attached hydrogens (tertiary/aromatic N) is 1. The topological polar surface area (TPSA) is 115 Å². The number of fused-ring (bicyclic) bond motifs is 1. The highest BCUT2D eigenvalue weighted by Crippen LogP contribution is 2.16. The number of imidazole rings is 1. The van der Waals surface area contributed by atoms with Crippen molar-refractivity contribution in [2.75, 3.05) is 18.6 Å². The van der Waals surface area contributed by atoms with E-state index < -0.39 is 15.8 Å². The number of nitrogen functional groups attached to an aromatic ring is 1. The lowest BCUT2D eigenvalue weighted by Gasteiger charge is -2.01. The average Bonchev–Trinajstić information content (AvgIpc) is 2.76. The Morgan fingerprint density at radius 3 is 2.90 bits per heavy atom. The number of nitrogens with two attached hydrogens (primary N) is 1. The normalized spacial score (nSPS) is 11.7. The van der Waals surface area contributed by atoms with Gasteiger partial charge in [0.05, 0.1) is 30.3 Å². The molecule has 0 aliphatic carbocycles. The first kappa shape index (κ1) is 14.3. The fourth-order valence-electron chi connectivity index (χ4n) is 1.77. The van der Waals surface area contributed by atoms with Crippen LogP contribution < -0.4 is 5.73 Å². The number of carbonyl (C=O) groups is 1.